The molecule has 0 unspecified atom stereocenters. The smallest absolute Gasteiger partial charge is 0.263 e. The van der Waals surface area contributed by atoms with E-state index in [1.54, 1.807) is 29.8 Å². The number of nitrogens with zero attached hydrogens (tertiary/aromatic N) is 6. The SMILES string of the molecule is CC(=O)N(C)c1ccc2c(c1)c(=O)n(Cc1ccc(C#N)cc1)c1nnc(C3CCCC3)n21. The van der Waals surface area contributed by atoms with Crippen LogP contribution in [-0.4, -0.2) is 32.1 Å². The van der Waals surface area contributed by atoms with Crippen molar-refractivity contribution in [2.75, 3.05) is 11.9 Å². The summed E-state index contributed by atoms with van der Waals surface area (Å²) in [5, 5.41) is 18.6. The monoisotopic (exact) mass is 440 g/mol. The first-order valence-electron chi connectivity index (χ1n) is 11.1. The van der Waals surface area contributed by atoms with Gasteiger partial charge in [0.05, 0.1) is 29.1 Å². The predicted octanol–water partition coefficient (Wildman–Crippen LogP) is 3.60. The highest BCUT2D eigenvalue weighted by atomic mass is 16.2. The molecule has 0 spiro atoms. The highest BCUT2D eigenvalue weighted by Gasteiger charge is 2.25. The molecule has 1 amide bonds. The van der Waals surface area contributed by atoms with Crippen LogP contribution in [0.2, 0.25) is 0 Å². The fraction of sp³-hybridized carbons (Fsp3) is 0.320. The molecule has 2 aromatic carbocycles. The van der Waals surface area contributed by atoms with Crippen LogP contribution in [0.15, 0.2) is 47.3 Å². The van der Waals surface area contributed by atoms with E-state index in [1.165, 1.54) is 11.8 Å². The normalized spacial score (nSPS) is 14.1. The van der Waals surface area contributed by atoms with E-state index in [-0.39, 0.29) is 11.5 Å². The van der Waals surface area contributed by atoms with Gasteiger partial charge in [-0.05, 0) is 48.7 Å². The molecule has 8 heteroatoms. The molecule has 2 aromatic heterocycles. The largest absolute Gasteiger partial charge is 0.316 e. The molecule has 8 nitrogen and oxygen atoms in total. The van der Waals surface area contributed by atoms with Gasteiger partial charge in [0.1, 0.15) is 5.82 Å². The highest BCUT2D eigenvalue weighted by Crippen LogP contribution is 2.34. The summed E-state index contributed by atoms with van der Waals surface area (Å²) in [6.07, 6.45) is 4.44. The van der Waals surface area contributed by atoms with E-state index in [4.69, 9.17) is 5.26 Å². The number of rotatable bonds is 4. The van der Waals surface area contributed by atoms with Gasteiger partial charge in [-0.1, -0.05) is 25.0 Å². The summed E-state index contributed by atoms with van der Waals surface area (Å²) in [6.45, 7) is 1.80. The number of hydrogen-bond donors (Lipinski definition) is 0. The van der Waals surface area contributed by atoms with Gasteiger partial charge in [0.25, 0.3) is 5.56 Å². The summed E-state index contributed by atoms with van der Waals surface area (Å²) in [7, 11) is 1.69. The summed E-state index contributed by atoms with van der Waals surface area (Å²) in [6, 6.07) is 14.8. The zero-order valence-corrected chi connectivity index (χ0v) is 18.7. The van der Waals surface area contributed by atoms with Gasteiger partial charge in [0.2, 0.25) is 11.7 Å². The first kappa shape index (κ1) is 20.9. The molecule has 1 saturated carbocycles. The Hall–Kier alpha value is -3.99. The average molecular weight is 441 g/mol. The minimum atomic E-state index is -0.189. The Morgan fingerprint density at radius 2 is 1.88 bits per heavy atom. The van der Waals surface area contributed by atoms with E-state index >= 15 is 0 Å². The first-order chi connectivity index (χ1) is 16.0. The minimum Gasteiger partial charge on any atom is -0.316 e. The van der Waals surface area contributed by atoms with Crippen molar-refractivity contribution in [2.24, 2.45) is 0 Å². The van der Waals surface area contributed by atoms with Crippen LogP contribution in [0.1, 0.15) is 55.5 Å². The van der Waals surface area contributed by atoms with Crippen LogP contribution in [-0.2, 0) is 11.3 Å². The zero-order chi connectivity index (χ0) is 23.1. The maximum absolute atomic E-state index is 13.7. The third kappa shape index (κ3) is 3.55. The Balaban J connectivity index is 1.76. The number of carbonyl (C=O) groups is 1. The van der Waals surface area contributed by atoms with Crippen molar-refractivity contribution in [3.8, 4) is 6.07 Å². The van der Waals surface area contributed by atoms with Crippen LogP contribution in [0, 0.1) is 11.3 Å². The lowest BCUT2D eigenvalue weighted by Gasteiger charge is -2.17. The van der Waals surface area contributed by atoms with Crippen LogP contribution >= 0.6 is 0 Å². The standard InChI is InChI=1S/C25H24N6O2/c1-16(32)29(2)20-11-12-22-21(13-20)24(33)30(15-18-9-7-17(14-26)8-10-18)25-28-27-23(31(22)25)19-5-3-4-6-19/h7-13,19H,3-6,15H2,1-2H3. The molecule has 4 aromatic rings. The molecule has 0 N–H and O–H groups in total. The molecule has 0 radical (unpaired) electrons. The van der Waals surface area contributed by atoms with Gasteiger partial charge >= 0.3 is 0 Å². The van der Waals surface area contributed by atoms with Crippen molar-refractivity contribution in [1.82, 2.24) is 19.2 Å². The molecule has 5 rings (SSSR count). The van der Waals surface area contributed by atoms with Crippen LogP contribution in [0.25, 0.3) is 16.7 Å². The highest BCUT2D eigenvalue weighted by molar-refractivity contribution is 5.94. The molecule has 1 aliphatic rings. The van der Waals surface area contributed by atoms with E-state index in [0.717, 1.165) is 42.6 Å². The van der Waals surface area contributed by atoms with Gasteiger partial charge in [0.15, 0.2) is 0 Å². The zero-order valence-electron chi connectivity index (χ0n) is 18.7. The number of carbonyl (C=O) groups excluding carboxylic acids is 1. The molecular weight excluding hydrogens is 416 g/mol. The Morgan fingerprint density at radius 3 is 2.55 bits per heavy atom. The lowest BCUT2D eigenvalue weighted by molar-refractivity contribution is -0.116. The second-order valence-electron chi connectivity index (χ2n) is 8.65. The van der Waals surface area contributed by atoms with Gasteiger partial charge in [-0.15, -0.1) is 10.2 Å². The van der Waals surface area contributed by atoms with Crippen molar-refractivity contribution in [2.45, 2.75) is 45.1 Å². The van der Waals surface area contributed by atoms with Gasteiger partial charge in [-0.25, -0.2) is 0 Å². The molecular formula is C25H24N6O2. The summed E-state index contributed by atoms with van der Waals surface area (Å²) in [5.74, 6) is 1.59. The number of anilines is 1. The summed E-state index contributed by atoms with van der Waals surface area (Å²) < 4.78 is 3.64. The first-order valence-corrected chi connectivity index (χ1v) is 11.1. The predicted molar refractivity (Wildman–Crippen MR) is 125 cm³/mol. The molecule has 0 saturated heterocycles. The Bertz CT molecular complexity index is 1470. The Labute approximate surface area is 190 Å². The maximum atomic E-state index is 13.7. The van der Waals surface area contributed by atoms with E-state index in [9.17, 15) is 9.59 Å². The van der Waals surface area contributed by atoms with E-state index in [0.29, 0.717) is 34.9 Å². The lowest BCUT2D eigenvalue weighted by atomic mass is 10.1. The number of hydrogen-bond acceptors (Lipinski definition) is 5. The molecule has 0 aliphatic heterocycles. The molecule has 166 valence electrons. The van der Waals surface area contributed by atoms with Gasteiger partial charge in [-0.2, -0.15) is 5.26 Å². The summed E-state index contributed by atoms with van der Waals surface area (Å²) >= 11 is 0. The van der Waals surface area contributed by atoms with Crippen molar-refractivity contribution in [3.63, 3.8) is 0 Å². The van der Waals surface area contributed by atoms with Gasteiger partial charge in [0, 0.05) is 25.6 Å². The van der Waals surface area contributed by atoms with Gasteiger partial charge in [-0.3, -0.25) is 18.6 Å². The summed E-state index contributed by atoms with van der Waals surface area (Å²) in [4.78, 5) is 27.1. The molecule has 0 atom stereocenters. The number of amides is 1. The van der Waals surface area contributed by atoms with Crippen LogP contribution in [0.4, 0.5) is 5.69 Å². The van der Waals surface area contributed by atoms with Crippen molar-refractivity contribution in [3.05, 3.63) is 69.8 Å². The van der Waals surface area contributed by atoms with E-state index in [2.05, 4.69) is 16.3 Å². The third-order valence-electron chi connectivity index (χ3n) is 6.61. The molecule has 1 aliphatic carbocycles. The maximum Gasteiger partial charge on any atom is 0.263 e. The van der Waals surface area contributed by atoms with Crippen LogP contribution < -0.4 is 10.5 Å². The fourth-order valence-electron chi connectivity index (χ4n) is 4.67. The molecule has 1 fully saturated rings. The number of aromatic nitrogens is 4. The van der Waals surface area contributed by atoms with Crippen LogP contribution in [0.5, 0.6) is 0 Å². The van der Waals surface area contributed by atoms with Crippen molar-refractivity contribution >= 4 is 28.3 Å². The van der Waals surface area contributed by atoms with E-state index in [1.807, 2.05) is 28.7 Å². The average Bonchev–Trinajstić information content (AvgIpc) is 3.51. The fourth-order valence-corrected chi connectivity index (χ4v) is 4.67. The molecule has 2 heterocycles. The van der Waals surface area contributed by atoms with Crippen molar-refractivity contribution in [1.29, 1.82) is 5.26 Å². The number of fused-ring (bicyclic) bond motifs is 3. The quantitative estimate of drug-likeness (QED) is 0.483. The summed E-state index contributed by atoms with van der Waals surface area (Å²) in [5.41, 5.74) is 2.68. The third-order valence-corrected chi connectivity index (χ3v) is 6.61. The Morgan fingerprint density at radius 1 is 1.15 bits per heavy atom. The topological polar surface area (TPSA) is 96.3 Å². The second-order valence-corrected chi connectivity index (χ2v) is 8.65. The second kappa shape index (κ2) is 8.17. The Kier molecular flexibility index (Phi) is 5.17. The number of nitriles is 1. The minimum absolute atomic E-state index is 0.107. The number of benzene rings is 2. The van der Waals surface area contributed by atoms with Crippen molar-refractivity contribution < 1.29 is 4.79 Å². The lowest BCUT2D eigenvalue weighted by Crippen LogP contribution is -2.26. The molecule has 33 heavy (non-hydrogen) atoms. The van der Waals surface area contributed by atoms with E-state index < -0.39 is 0 Å². The molecule has 0 bridgehead atoms. The van der Waals surface area contributed by atoms with Crippen LogP contribution in [0.3, 0.4) is 0 Å². The van der Waals surface area contributed by atoms with Gasteiger partial charge < -0.3 is 4.90 Å².